The molecule has 0 aromatic heterocycles. The number of hydrogen-bond acceptors (Lipinski definition) is 3. The van der Waals surface area contributed by atoms with Crippen LogP contribution < -0.4 is 0 Å². The minimum atomic E-state index is -0.390. The molecule has 0 fully saturated rings. The van der Waals surface area contributed by atoms with Crippen LogP contribution in [-0.2, 0) is 11.8 Å². The average molecular weight is 502 g/mol. The zero-order valence-corrected chi connectivity index (χ0v) is 23.7. The molecule has 0 aliphatic carbocycles. The van der Waals surface area contributed by atoms with Gasteiger partial charge in [-0.1, -0.05) is 132 Å². The molecule has 2 rings (SSSR count). The minimum absolute atomic E-state index is 0.248. The van der Waals surface area contributed by atoms with Gasteiger partial charge in [-0.25, -0.2) is 0 Å². The van der Waals surface area contributed by atoms with Gasteiger partial charge in [0.1, 0.15) is 0 Å². The van der Waals surface area contributed by atoms with Crippen molar-refractivity contribution in [3.05, 3.63) is 71.8 Å². The Hall–Kier alpha value is -2.47. The Morgan fingerprint density at radius 2 is 1.24 bits per heavy atom. The van der Waals surface area contributed by atoms with Gasteiger partial charge in [0.05, 0.1) is 17.5 Å². The van der Waals surface area contributed by atoms with Gasteiger partial charge in [-0.3, -0.25) is 0 Å². The van der Waals surface area contributed by atoms with Gasteiger partial charge in [-0.15, -0.1) is 0 Å². The van der Waals surface area contributed by atoms with Gasteiger partial charge >= 0.3 is 0 Å². The van der Waals surface area contributed by atoms with Crippen LogP contribution in [0.25, 0.3) is 0 Å². The van der Waals surface area contributed by atoms with Crippen molar-refractivity contribution >= 4 is 0 Å². The van der Waals surface area contributed by atoms with Gasteiger partial charge in [-0.05, 0) is 56.1 Å². The van der Waals surface area contributed by atoms with E-state index < -0.39 is 0 Å². The molecule has 0 radical (unpaired) electrons. The van der Waals surface area contributed by atoms with Gasteiger partial charge in [0.15, 0.2) is 0 Å². The van der Waals surface area contributed by atoms with Gasteiger partial charge in [0.2, 0.25) is 0 Å². The number of nitriles is 1. The highest BCUT2D eigenvalue weighted by Crippen LogP contribution is 2.35. The lowest BCUT2D eigenvalue weighted by atomic mass is 9.73. The molecule has 0 N–H and O–H groups in total. The molecule has 0 heterocycles. The van der Waals surface area contributed by atoms with E-state index in [9.17, 15) is 5.26 Å². The SMILES string of the molecule is CCCCCCCCCCCCC(C#N)(CCCC(CCCc1ccccc1)N=NC)c1ccccc1. The Kier molecular flexibility index (Phi) is 16.3. The number of hydrogen-bond donors (Lipinski definition) is 0. The molecule has 0 aliphatic rings. The predicted octanol–water partition coefficient (Wildman–Crippen LogP) is 10.4. The predicted molar refractivity (Wildman–Crippen MR) is 158 cm³/mol. The van der Waals surface area contributed by atoms with E-state index in [0.29, 0.717) is 0 Å². The maximum atomic E-state index is 10.4. The highest BCUT2D eigenvalue weighted by Gasteiger charge is 2.31. The molecular weight excluding hydrogens is 450 g/mol. The standard InChI is InChI=1S/C34H51N3/c1-3-4-5-6-7-8-9-10-11-18-28-34(30-35,32-24-16-13-17-25-32)29-20-27-33(37-36-2)26-19-23-31-21-14-12-15-22-31/h12-17,21-22,24-25,33H,3-11,18-20,23,26-29H2,1-2H3. The fraction of sp³-hybridized carbons (Fsp3) is 0.618. The van der Waals surface area contributed by atoms with Crippen LogP contribution >= 0.6 is 0 Å². The van der Waals surface area contributed by atoms with E-state index in [0.717, 1.165) is 51.4 Å². The van der Waals surface area contributed by atoms with Crippen LogP contribution in [0.5, 0.6) is 0 Å². The second-order valence-electron chi connectivity index (χ2n) is 10.7. The molecule has 37 heavy (non-hydrogen) atoms. The van der Waals surface area contributed by atoms with Gasteiger partial charge < -0.3 is 0 Å². The number of unbranched alkanes of at least 4 members (excludes halogenated alkanes) is 9. The van der Waals surface area contributed by atoms with Crippen molar-refractivity contribution in [2.24, 2.45) is 10.2 Å². The topological polar surface area (TPSA) is 48.5 Å². The van der Waals surface area contributed by atoms with Crippen LogP contribution in [-0.4, -0.2) is 13.1 Å². The fourth-order valence-electron chi connectivity index (χ4n) is 5.51. The summed E-state index contributed by atoms with van der Waals surface area (Å²) in [6.45, 7) is 2.28. The Labute approximate surface area is 227 Å². The van der Waals surface area contributed by atoms with Gasteiger partial charge in [0, 0.05) is 7.05 Å². The molecule has 0 bridgehead atoms. The van der Waals surface area contributed by atoms with E-state index in [1.807, 2.05) is 0 Å². The molecule has 0 saturated heterocycles. The smallest absolute Gasteiger partial charge is 0.0822 e. The van der Waals surface area contributed by atoms with E-state index >= 15 is 0 Å². The lowest BCUT2D eigenvalue weighted by Crippen LogP contribution is -2.25. The lowest BCUT2D eigenvalue weighted by Gasteiger charge is -2.28. The number of aryl methyl sites for hydroxylation is 1. The van der Waals surface area contributed by atoms with E-state index in [1.165, 1.54) is 68.9 Å². The molecule has 2 atom stereocenters. The van der Waals surface area contributed by atoms with Crippen LogP contribution in [0.15, 0.2) is 70.9 Å². The molecule has 3 heteroatoms. The van der Waals surface area contributed by atoms with E-state index in [1.54, 1.807) is 7.05 Å². The summed E-state index contributed by atoms with van der Waals surface area (Å²) in [6.07, 6.45) is 20.4. The third-order valence-corrected chi connectivity index (χ3v) is 7.76. The van der Waals surface area contributed by atoms with E-state index in [2.05, 4.69) is 83.9 Å². The Morgan fingerprint density at radius 1 is 0.703 bits per heavy atom. The van der Waals surface area contributed by atoms with Crippen molar-refractivity contribution in [2.45, 2.75) is 128 Å². The molecule has 2 aromatic rings. The summed E-state index contributed by atoms with van der Waals surface area (Å²) in [5.74, 6) is 0. The summed E-state index contributed by atoms with van der Waals surface area (Å²) in [6, 6.07) is 24.2. The molecule has 0 spiro atoms. The van der Waals surface area contributed by atoms with Crippen molar-refractivity contribution in [2.75, 3.05) is 7.05 Å². The molecule has 2 unspecified atom stereocenters. The number of benzene rings is 2. The van der Waals surface area contributed by atoms with Crippen molar-refractivity contribution in [1.29, 1.82) is 5.26 Å². The third-order valence-electron chi connectivity index (χ3n) is 7.76. The number of rotatable bonds is 21. The van der Waals surface area contributed by atoms with Gasteiger partial charge in [0.25, 0.3) is 0 Å². The summed E-state index contributed by atoms with van der Waals surface area (Å²) in [4.78, 5) is 0. The van der Waals surface area contributed by atoms with Crippen molar-refractivity contribution in [1.82, 2.24) is 0 Å². The van der Waals surface area contributed by atoms with Gasteiger partial charge in [-0.2, -0.15) is 15.5 Å². The van der Waals surface area contributed by atoms with E-state index in [-0.39, 0.29) is 11.5 Å². The third kappa shape index (κ3) is 12.6. The number of nitrogens with zero attached hydrogens (tertiary/aromatic N) is 3. The minimum Gasteiger partial charge on any atom is -0.197 e. The normalized spacial score (nSPS) is 13.9. The Bertz CT molecular complexity index is 871. The van der Waals surface area contributed by atoms with E-state index in [4.69, 9.17) is 0 Å². The quantitative estimate of drug-likeness (QED) is 0.124. The van der Waals surface area contributed by atoms with Crippen molar-refractivity contribution in [3.63, 3.8) is 0 Å². The van der Waals surface area contributed by atoms with Crippen LogP contribution in [0, 0.1) is 11.3 Å². The zero-order valence-electron chi connectivity index (χ0n) is 23.7. The monoisotopic (exact) mass is 501 g/mol. The maximum absolute atomic E-state index is 10.4. The highest BCUT2D eigenvalue weighted by atomic mass is 15.1. The fourth-order valence-corrected chi connectivity index (χ4v) is 5.51. The summed E-state index contributed by atoms with van der Waals surface area (Å²) < 4.78 is 0. The molecular formula is C34H51N3. The first-order chi connectivity index (χ1) is 18.2. The second kappa shape index (κ2) is 19.6. The van der Waals surface area contributed by atoms with Crippen LogP contribution in [0.4, 0.5) is 0 Å². The first-order valence-corrected chi connectivity index (χ1v) is 15.0. The number of azo groups is 1. The van der Waals surface area contributed by atoms with Crippen molar-refractivity contribution < 1.29 is 0 Å². The molecule has 3 nitrogen and oxygen atoms in total. The largest absolute Gasteiger partial charge is 0.197 e. The zero-order chi connectivity index (χ0) is 26.4. The van der Waals surface area contributed by atoms with Crippen LogP contribution in [0.1, 0.15) is 121 Å². The molecule has 2 aromatic carbocycles. The van der Waals surface area contributed by atoms with Crippen LogP contribution in [0.3, 0.4) is 0 Å². The molecule has 202 valence electrons. The Morgan fingerprint density at radius 3 is 1.84 bits per heavy atom. The maximum Gasteiger partial charge on any atom is 0.0822 e. The molecule has 0 saturated carbocycles. The molecule has 0 amide bonds. The van der Waals surface area contributed by atoms with Crippen molar-refractivity contribution in [3.8, 4) is 6.07 Å². The Balaban J connectivity index is 1.82. The summed E-state index contributed by atoms with van der Waals surface area (Å²) in [5, 5.41) is 19.1. The highest BCUT2D eigenvalue weighted by molar-refractivity contribution is 5.32. The first kappa shape index (κ1) is 30.8. The summed E-state index contributed by atoms with van der Waals surface area (Å²) in [7, 11) is 1.78. The van der Waals surface area contributed by atoms with Crippen LogP contribution in [0.2, 0.25) is 0 Å². The second-order valence-corrected chi connectivity index (χ2v) is 10.7. The average Bonchev–Trinajstić information content (AvgIpc) is 2.94. The summed E-state index contributed by atoms with van der Waals surface area (Å²) >= 11 is 0. The lowest BCUT2D eigenvalue weighted by molar-refractivity contribution is 0.398. The molecule has 0 aliphatic heterocycles. The summed E-state index contributed by atoms with van der Waals surface area (Å²) in [5.41, 5.74) is 2.18. The first-order valence-electron chi connectivity index (χ1n) is 15.0.